The summed E-state index contributed by atoms with van der Waals surface area (Å²) in [6, 6.07) is 6.24. The third-order valence-electron chi connectivity index (χ3n) is 6.83. The molecule has 2 amide bonds. The third kappa shape index (κ3) is 8.61. The first-order valence-electron chi connectivity index (χ1n) is 13.9. The fourth-order valence-electron chi connectivity index (χ4n) is 4.99. The zero-order chi connectivity index (χ0) is 28.7. The second-order valence-electron chi connectivity index (χ2n) is 11.7. The van der Waals surface area contributed by atoms with Gasteiger partial charge in [0.15, 0.2) is 0 Å². The molecule has 0 aliphatic heterocycles. The van der Waals surface area contributed by atoms with E-state index >= 15 is 0 Å². The quantitative estimate of drug-likeness (QED) is 0.395. The van der Waals surface area contributed by atoms with Gasteiger partial charge < -0.3 is 20.0 Å². The van der Waals surface area contributed by atoms with E-state index in [2.05, 4.69) is 20.6 Å². The number of carbonyl (C=O) groups is 3. The largest absolute Gasteiger partial charge is 0.437 e. The fourth-order valence-corrected chi connectivity index (χ4v) is 4.99. The van der Waals surface area contributed by atoms with Gasteiger partial charge in [0.2, 0.25) is 11.7 Å². The van der Waals surface area contributed by atoms with Crippen molar-refractivity contribution < 1.29 is 18.8 Å². The summed E-state index contributed by atoms with van der Waals surface area (Å²) < 4.78 is 6.30. The van der Waals surface area contributed by atoms with Crippen LogP contribution in [0.4, 0.5) is 0 Å². The maximum absolute atomic E-state index is 13.5. The van der Waals surface area contributed by atoms with Crippen LogP contribution in [-0.2, 0) is 17.9 Å². The SMILES string of the molecule is CC(C)CC(NC(=O)[C@@H]1CCCC[C@@H]1NC(=O)c1ccc(CN(C)C)cc1)C(=O)c1nn(CC(C)C)c(=O)o1. The van der Waals surface area contributed by atoms with Gasteiger partial charge in [0, 0.05) is 18.2 Å². The van der Waals surface area contributed by atoms with Crippen LogP contribution >= 0.6 is 0 Å². The molecule has 1 aliphatic carbocycles. The minimum Gasteiger partial charge on any atom is -0.384 e. The van der Waals surface area contributed by atoms with Crippen LogP contribution in [0.5, 0.6) is 0 Å². The first-order chi connectivity index (χ1) is 18.4. The Morgan fingerprint density at radius 1 is 1.05 bits per heavy atom. The third-order valence-corrected chi connectivity index (χ3v) is 6.83. The van der Waals surface area contributed by atoms with Gasteiger partial charge in [0.1, 0.15) is 0 Å². The highest BCUT2D eigenvalue weighted by Gasteiger charge is 2.35. The fraction of sp³-hybridized carbons (Fsp3) is 0.621. The molecule has 0 radical (unpaired) electrons. The molecule has 0 saturated heterocycles. The van der Waals surface area contributed by atoms with E-state index in [1.165, 1.54) is 0 Å². The molecule has 1 saturated carbocycles. The van der Waals surface area contributed by atoms with E-state index in [0.717, 1.165) is 29.6 Å². The lowest BCUT2D eigenvalue weighted by Crippen LogP contribution is -2.52. The van der Waals surface area contributed by atoms with E-state index < -0.39 is 23.5 Å². The molecule has 2 aromatic rings. The monoisotopic (exact) mass is 541 g/mol. The number of rotatable bonds is 12. The van der Waals surface area contributed by atoms with Crippen LogP contribution in [0.15, 0.2) is 33.5 Å². The Morgan fingerprint density at radius 3 is 2.33 bits per heavy atom. The van der Waals surface area contributed by atoms with Gasteiger partial charge in [0.05, 0.1) is 18.5 Å². The van der Waals surface area contributed by atoms with Crippen molar-refractivity contribution in [3.05, 3.63) is 51.8 Å². The van der Waals surface area contributed by atoms with Crippen LogP contribution in [0.1, 0.15) is 86.4 Å². The van der Waals surface area contributed by atoms with Gasteiger partial charge in [-0.25, -0.2) is 4.79 Å². The first-order valence-corrected chi connectivity index (χ1v) is 13.9. The molecular weight excluding hydrogens is 498 g/mol. The second-order valence-corrected chi connectivity index (χ2v) is 11.7. The first kappa shape index (κ1) is 30.3. The number of aromatic nitrogens is 2. The van der Waals surface area contributed by atoms with E-state index in [9.17, 15) is 19.2 Å². The lowest BCUT2D eigenvalue weighted by atomic mass is 9.83. The predicted octanol–water partition coefficient (Wildman–Crippen LogP) is 3.26. The highest BCUT2D eigenvalue weighted by Crippen LogP contribution is 2.26. The van der Waals surface area contributed by atoms with Crippen molar-refractivity contribution in [3.8, 4) is 0 Å². The van der Waals surface area contributed by atoms with Gasteiger partial charge in [-0.15, -0.1) is 5.10 Å². The molecule has 1 aliphatic rings. The smallest absolute Gasteiger partial charge is 0.384 e. The molecule has 10 nitrogen and oxygen atoms in total. The maximum atomic E-state index is 13.5. The van der Waals surface area contributed by atoms with Crippen LogP contribution in [0.25, 0.3) is 0 Å². The van der Waals surface area contributed by atoms with Gasteiger partial charge in [-0.1, -0.05) is 52.7 Å². The minimum absolute atomic E-state index is 0.0982. The highest BCUT2D eigenvalue weighted by atomic mass is 16.4. The lowest BCUT2D eigenvalue weighted by molar-refractivity contribution is -0.127. The minimum atomic E-state index is -0.884. The van der Waals surface area contributed by atoms with E-state index in [1.54, 1.807) is 12.1 Å². The number of benzene rings is 1. The number of nitrogens with one attached hydrogen (secondary N) is 2. The predicted molar refractivity (Wildman–Crippen MR) is 148 cm³/mol. The van der Waals surface area contributed by atoms with Gasteiger partial charge in [0.25, 0.3) is 11.8 Å². The summed E-state index contributed by atoms with van der Waals surface area (Å²) in [6.07, 6.45) is 3.43. The van der Waals surface area contributed by atoms with Crippen molar-refractivity contribution >= 4 is 17.6 Å². The number of carbonyl (C=O) groups excluding carboxylic acids is 3. The molecule has 1 aromatic carbocycles. The van der Waals surface area contributed by atoms with E-state index in [-0.39, 0.29) is 35.6 Å². The number of ketones is 1. The summed E-state index contributed by atoms with van der Waals surface area (Å²) in [5.41, 5.74) is 1.65. The van der Waals surface area contributed by atoms with Crippen molar-refractivity contribution in [3.63, 3.8) is 0 Å². The Balaban J connectivity index is 1.71. The van der Waals surface area contributed by atoms with Crippen molar-refractivity contribution in [2.75, 3.05) is 14.1 Å². The molecule has 2 N–H and O–H groups in total. The lowest BCUT2D eigenvalue weighted by Gasteiger charge is -2.32. The molecule has 1 aromatic heterocycles. The van der Waals surface area contributed by atoms with Crippen molar-refractivity contribution in [2.24, 2.45) is 17.8 Å². The van der Waals surface area contributed by atoms with Crippen molar-refractivity contribution in [2.45, 2.75) is 85.0 Å². The summed E-state index contributed by atoms with van der Waals surface area (Å²) in [5.74, 6) is -2.23. The van der Waals surface area contributed by atoms with Crippen molar-refractivity contribution in [1.82, 2.24) is 25.3 Å². The molecule has 39 heavy (non-hydrogen) atoms. The summed E-state index contributed by atoms with van der Waals surface area (Å²) in [5, 5.41) is 10.0. The Morgan fingerprint density at radius 2 is 1.72 bits per heavy atom. The maximum Gasteiger partial charge on any atom is 0.437 e. The summed E-state index contributed by atoms with van der Waals surface area (Å²) in [7, 11) is 3.98. The summed E-state index contributed by atoms with van der Waals surface area (Å²) >= 11 is 0. The molecule has 3 atom stereocenters. The number of amides is 2. The van der Waals surface area contributed by atoms with E-state index in [4.69, 9.17) is 4.42 Å². The second kappa shape index (κ2) is 13.7. The molecule has 0 spiro atoms. The average molecular weight is 542 g/mol. The molecule has 1 unspecified atom stereocenters. The normalized spacial score (nSPS) is 18.4. The topological polar surface area (TPSA) is 127 Å². The van der Waals surface area contributed by atoms with E-state index in [1.807, 2.05) is 53.9 Å². The van der Waals surface area contributed by atoms with Crippen LogP contribution in [0, 0.1) is 17.8 Å². The van der Waals surface area contributed by atoms with Gasteiger partial charge >= 0.3 is 5.76 Å². The molecular formula is C29H43N5O5. The summed E-state index contributed by atoms with van der Waals surface area (Å²) in [4.78, 5) is 54.0. The number of nitrogens with zero attached hydrogens (tertiary/aromatic N) is 3. The Kier molecular flexibility index (Phi) is 10.6. The van der Waals surface area contributed by atoms with Crippen LogP contribution in [0.3, 0.4) is 0 Å². The zero-order valence-electron chi connectivity index (χ0n) is 24.0. The number of hydrogen-bond acceptors (Lipinski definition) is 7. The van der Waals surface area contributed by atoms with Crippen LogP contribution < -0.4 is 16.4 Å². The Bertz CT molecular complexity index is 1180. The molecule has 10 heteroatoms. The molecule has 0 bridgehead atoms. The number of hydrogen-bond donors (Lipinski definition) is 2. The van der Waals surface area contributed by atoms with Crippen LogP contribution in [0.2, 0.25) is 0 Å². The molecule has 3 rings (SSSR count). The Labute approximate surface area is 230 Å². The summed E-state index contributed by atoms with van der Waals surface area (Å²) in [6.45, 7) is 8.89. The van der Waals surface area contributed by atoms with Gasteiger partial charge in [-0.3, -0.25) is 14.4 Å². The average Bonchev–Trinajstić information content (AvgIpc) is 3.22. The highest BCUT2D eigenvalue weighted by molar-refractivity contribution is 5.99. The van der Waals surface area contributed by atoms with Crippen molar-refractivity contribution in [1.29, 1.82) is 0 Å². The standard InChI is InChI=1S/C29H43N5O5/c1-18(2)15-24(25(35)28-32-34(16-19(3)4)29(38)39-28)31-27(37)22-9-7-8-10-23(22)30-26(36)21-13-11-20(12-14-21)17-33(5)6/h11-14,18-19,22-24H,7-10,15-17H2,1-6H3,(H,30,36)(H,31,37)/t22-,23+,24?/m1/s1. The molecule has 1 fully saturated rings. The number of Topliss-reactive ketones (excluding diaryl/α,β-unsaturated/α-hetero) is 1. The van der Waals surface area contributed by atoms with Gasteiger partial charge in [-0.05, 0) is 62.9 Å². The van der Waals surface area contributed by atoms with Gasteiger partial charge in [-0.2, -0.15) is 4.68 Å². The van der Waals surface area contributed by atoms with E-state index in [0.29, 0.717) is 31.4 Å². The zero-order valence-corrected chi connectivity index (χ0v) is 24.0. The molecule has 1 heterocycles. The Hall–Kier alpha value is -3.27. The van der Waals surface area contributed by atoms with Crippen LogP contribution in [-0.4, -0.2) is 58.5 Å². The molecule has 214 valence electrons.